The number of carbonyl (C=O) groups is 1. The summed E-state index contributed by atoms with van der Waals surface area (Å²) in [5.74, 6) is -0.778. The number of thiazole rings is 1. The van der Waals surface area contributed by atoms with Crippen LogP contribution in [-0.4, -0.2) is 16.6 Å². The highest BCUT2D eigenvalue weighted by Gasteiger charge is 2.23. The van der Waals surface area contributed by atoms with Crippen LogP contribution in [0.4, 0.5) is 4.39 Å². The molecule has 3 nitrogen and oxygen atoms in total. The zero-order valence-electron chi connectivity index (χ0n) is 10.9. The Bertz CT molecular complexity index is 584. The van der Waals surface area contributed by atoms with E-state index >= 15 is 0 Å². The van der Waals surface area contributed by atoms with Crippen LogP contribution in [-0.2, 0) is 4.74 Å². The zero-order chi connectivity index (χ0) is 14.0. The van der Waals surface area contributed by atoms with E-state index in [0.717, 1.165) is 5.56 Å². The van der Waals surface area contributed by atoms with Crippen molar-refractivity contribution in [2.24, 2.45) is 0 Å². The Morgan fingerprint density at radius 1 is 1.26 bits per heavy atom. The van der Waals surface area contributed by atoms with Crippen molar-refractivity contribution in [2.75, 3.05) is 0 Å². The monoisotopic (exact) mass is 279 g/mol. The molecular formula is C14H14FNO2S. The fourth-order valence-corrected chi connectivity index (χ4v) is 2.31. The van der Waals surface area contributed by atoms with Crippen molar-refractivity contribution in [1.29, 1.82) is 0 Å². The molecule has 0 unspecified atom stereocenters. The molecule has 100 valence electrons. The molecule has 2 aromatic rings. The minimum Gasteiger partial charge on any atom is -0.455 e. The molecule has 19 heavy (non-hydrogen) atoms. The maximum Gasteiger partial charge on any atom is 0.358 e. The third kappa shape index (κ3) is 3.38. The largest absolute Gasteiger partial charge is 0.455 e. The molecule has 5 heteroatoms. The minimum atomic E-state index is -0.569. The molecule has 2 rings (SSSR count). The van der Waals surface area contributed by atoms with Crippen LogP contribution in [0.1, 0.15) is 31.3 Å². The van der Waals surface area contributed by atoms with Crippen molar-refractivity contribution in [1.82, 2.24) is 4.98 Å². The summed E-state index contributed by atoms with van der Waals surface area (Å²) in [5.41, 5.74) is 2.04. The van der Waals surface area contributed by atoms with Crippen LogP contribution in [0.15, 0.2) is 29.8 Å². The third-order valence-corrected chi connectivity index (χ3v) is 3.14. The molecule has 0 amide bonds. The number of carbonyl (C=O) groups excluding carboxylic acids is 1. The number of rotatable bonds is 2. The standard InChI is InChI=1S/C14H14FNO2S/c1-14(2,3)18-13(17)11-12(19-8-16-11)9-4-6-10(15)7-5-9/h4-8H,1-3H3. The second-order valence-electron chi connectivity index (χ2n) is 5.04. The molecule has 0 saturated heterocycles. The molecule has 0 radical (unpaired) electrons. The molecule has 1 aromatic carbocycles. The first-order valence-electron chi connectivity index (χ1n) is 5.79. The highest BCUT2D eigenvalue weighted by atomic mass is 32.1. The van der Waals surface area contributed by atoms with Crippen molar-refractivity contribution in [3.63, 3.8) is 0 Å². The van der Waals surface area contributed by atoms with E-state index in [1.54, 1.807) is 38.4 Å². The quantitative estimate of drug-likeness (QED) is 0.782. The number of hydrogen-bond acceptors (Lipinski definition) is 4. The first-order chi connectivity index (χ1) is 8.87. The predicted octanol–water partition coefficient (Wildman–Crippen LogP) is 3.90. The van der Waals surface area contributed by atoms with Gasteiger partial charge in [-0.2, -0.15) is 0 Å². The van der Waals surface area contributed by atoms with Crippen LogP contribution in [0.2, 0.25) is 0 Å². The summed E-state index contributed by atoms with van der Waals surface area (Å²) < 4.78 is 18.2. The molecule has 0 aliphatic heterocycles. The topological polar surface area (TPSA) is 39.2 Å². The van der Waals surface area contributed by atoms with Gasteiger partial charge >= 0.3 is 5.97 Å². The Labute approximate surface area is 115 Å². The molecule has 0 saturated carbocycles. The Hall–Kier alpha value is -1.75. The van der Waals surface area contributed by atoms with E-state index in [1.807, 2.05) is 0 Å². The summed E-state index contributed by atoms with van der Waals surface area (Å²) in [6.45, 7) is 5.40. The summed E-state index contributed by atoms with van der Waals surface area (Å²) in [6.07, 6.45) is 0. The maximum absolute atomic E-state index is 12.9. The summed E-state index contributed by atoms with van der Waals surface area (Å²) in [6, 6.07) is 5.95. The first kappa shape index (κ1) is 13.7. The van der Waals surface area contributed by atoms with Gasteiger partial charge in [0.15, 0.2) is 5.69 Å². The lowest BCUT2D eigenvalue weighted by Gasteiger charge is -2.19. The minimum absolute atomic E-state index is 0.270. The van der Waals surface area contributed by atoms with Crippen LogP contribution in [0.3, 0.4) is 0 Å². The molecule has 0 aliphatic carbocycles. The maximum atomic E-state index is 12.9. The van der Waals surface area contributed by atoms with Gasteiger partial charge in [-0.05, 0) is 38.5 Å². The molecule has 0 atom stereocenters. The lowest BCUT2D eigenvalue weighted by atomic mass is 10.1. The van der Waals surface area contributed by atoms with Crippen LogP contribution in [0.5, 0.6) is 0 Å². The molecule has 1 heterocycles. The summed E-state index contributed by atoms with van der Waals surface area (Å²) in [4.78, 5) is 16.8. The molecule has 0 aliphatic rings. The SMILES string of the molecule is CC(C)(C)OC(=O)c1ncsc1-c1ccc(F)cc1. The van der Waals surface area contributed by atoms with Crippen LogP contribution in [0.25, 0.3) is 10.4 Å². The van der Waals surface area contributed by atoms with E-state index in [2.05, 4.69) is 4.98 Å². The Kier molecular flexibility index (Phi) is 3.66. The molecule has 1 aromatic heterocycles. The molecule has 0 fully saturated rings. The van der Waals surface area contributed by atoms with Gasteiger partial charge in [-0.25, -0.2) is 14.2 Å². The van der Waals surface area contributed by atoms with Crippen molar-refractivity contribution < 1.29 is 13.9 Å². The fourth-order valence-electron chi connectivity index (χ4n) is 1.52. The normalized spacial score (nSPS) is 11.4. The van der Waals surface area contributed by atoms with Crippen molar-refractivity contribution in [3.8, 4) is 10.4 Å². The summed E-state index contributed by atoms with van der Waals surface area (Å²) >= 11 is 1.33. The van der Waals surface area contributed by atoms with Crippen molar-refractivity contribution in [2.45, 2.75) is 26.4 Å². The Morgan fingerprint density at radius 2 is 1.89 bits per heavy atom. The van der Waals surface area contributed by atoms with Gasteiger partial charge in [0, 0.05) is 0 Å². The number of hydrogen-bond donors (Lipinski definition) is 0. The highest BCUT2D eigenvalue weighted by Crippen LogP contribution is 2.29. The van der Waals surface area contributed by atoms with E-state index in [0.29, 0.717) is 4.88 Å². The number of halogens is 1. The number of nitrogens with zero attached hydrogens (tertiary/aromatic N) is 1. The smallest absolute Gasteiger partial charge is 0.358 e. The van der Waals surface area contributed by atoms with E-state index < -0.39 is 11.6 Å². The van der Waals surface area contributed by atoms with Gasteiger partial charge in [-0.1, -0.05) is 12.1 Å². The van der Waals surface area contributed by atoms with Gasteiger partial charge in [0.2, 0.25) is 0 Å². The molecular weight excluding hydrogens is 265 g/mol. The van der Waals surface area contributed by atoms with Gasteiger partial charge in [-0.3, -0.25) is 0 Å². The molecule has 0 bridgehead atoms. The summed E-state index contributed by atoms with van der Waals surface area (Å²) in [5, 5.41) is 0. The van der Waals surface area contributed by atoms with Crippen LogP contribution < -0.4 is 0 Å². The van der Waals surface area contributed by atoms with Crippen molar-refractivity contribution >= 4 is 17.3 Å². The third-order valence-electron chi connectivity index (χ3n) is 2.27. The second kappa shape index (κ2) is 5.09. The molecule has 0 N–H and O–H groups in total. The highest BCUT2D eigenvalue weighted by molar-refractivity contribution is 7.13. The van der Waals surface area contributed by atoms with Gasteiger partial charge < -0.3 is 4.74 Å². The van der Waals surface area contributed by atoms with Gasteiger partial charge in [0.1, 0.15) is 11.4 Å². The lowest BCUT2D eigenvalue weighted by Crippen LogP contribution is -2.24. The van der Waals surface area contributed by atoms with E-state index in [4.69, 9.17) is 4.74 Å². The van der Waals surface area contributed by atoms with E-state index in [9.17, 15) is 9.18 Å². The average molecular weight is 279 g/mol. The number of aromatic nitrogens is 1. The molecule has 0 spiro atoms. The number of benzene rings is 1. The van der Waals surface area contributed by atoms with Crippen LogP contribution >= 0.6 is 11.3 Å². The predicted molar refractivity (Wildman–Crippen MR) is 72.7 cm³/mol. The van der Waals surface area contributed by atoms with E-state index in [-0.39, 0.29) is 11.5 Å². The zero-order valence-corrected chi connectivity index (χ0v) is 11.8. The average Bonchev–Trinajstić information content (AvgIpc) is 2.76. The summed E-state index contributed by atoms with van der Waals surface area (Å²) in [7, 11) is 0. The second-order valence-corrected chi connectivity index (χ2v) is 5.89. The lowest BCUT2D eigenvalue weighted by molar-refractivity contribution is 0.00646. The number of ether oxygens (including phenoxy) is 1. The Balaban J connectivity index is 2.32. The van der Waals surface area contributed by atoms with Gasteiger partial charge in [0.05, 0.1) is 10.4 Å². The van der Waals surface area contributed by atoms with E-state index in [1.165, 1.54) is 23.5 Å². The van der Waals surface area contributed by atoms with Crippen LogP contribution in [0, 0.1) is 5.82 Å². The van der Waals surface area contributed by atoms with Gasteiger partial charge in [0.25, 0.3) is 0 Å². The first-order valence-corrected chi connectivity index (χ1v) is 6.67. The Morgan fingerprint density at radius 3 is 2.47 bits per heavy atom. The van der Waals surface area contributed by atoms with Gasteiger partial charge in [-0.15, -0.1) is 11.3 Å². The van der Waals surface area contributed by atoms with Crippen molar-refractivity contribution in [3.05, 3.63) is 41.3 Å². The fraction of sp³-hybridized carbons (Fsp3) is 0.286. The number of esters is 1.